The summed E-state index contributed by atoms with van der Waals surface area (Å²) >= 11 is 0. The van der Waals surface area contributed by atoms with E-state index in [1.54, 1.807) is 18.6 Å². The van der Waals surface area contributed by atoms with Gasteiger partial charge in [-0.15, -0.1) is 0 Å². The maximum Gasteiger partial charge on any atom is 0.172 e. The monoisotopic (exact) mass is 259 g/mol. The smallest absolute Gasteiger partial charge is 0.172 e. The van der Waals surface area contributed by atoms with Crippen LogP contribution in [0.15, 0.2) is 18.6 Å². The van der Waals surface area contributed by atoms with Crippen molar-refractivity contribution in [3.63, 3.8) is 0 Å². The zero-order chi connectivity index (χ0) is 13.8. The molecule has 0 spiro atoms. The van der Waals surface area contributed by atoms with Gasteiger partial charge >= 0.3 is 0 Å². The van der Waals surface area contributed by atoms with Gasteiger partial charge in [-0.2, -0.15) is 5.10 Å². The van der Waals surface area contributed by atoms with Crippen molar-refractivity contribution < 1.29 is 0 Å². The molecule has 0 fully saturated rings. The third-order valence-electron chi connectivity index (χ3n) is 3.31. The fraction of sp³-hybridized carbons (Fsp3) is 0.500. The maximum absolute atomic E-state index is 4.59. The molecule has 1 N–H and O–H groups in total. The second kappa shape index (κ2) is 5.93. The number of nitrogens with zero attached hydrogens (tertiary/aromatic N) is 4. The fourth-order valence-corrected chi connectivity index (χ4v) is 2.36. The molecule has 0 aromatic carbocycles. The van der Waals surface area contributed by atoms with E-state index < -0.39 is 0 Å². The van der Waals surface area contributed by atoms with E-state index in [1.165, 1.54) is 5.56 Å². The van der Waals surface area contributed by atoms with Crippen molar-refractivity contribution in [1.29, 1.82) is 0 Å². The van der Waals surface area contributed by atoms with E-state index in [0.717, 1.165) is 30.2 Å². The van der Waals surface area contributed by atoms with E-state index >= 15 is 0 Å². The Morgan fingerprint density at radius 2 is 2.11 bits per heavy atom. The fourth-order valence-electron chi connectivity index (χ4n) is 2.36. The van der Waals surface area contributed by atoms with Gasteiger partial charge in [0.15, 0.2) is 5.82 Å². The molecule has 2 heterocycles. The van der Waals surface area contributed by atoms with Crippen LogP contribution in [0.4, 0.5) is 0 Å². The molecule has 5 nitrogen and oxygen atoms in total. The predicted molar refractivity (Wildman–Crippen MR) is 75.4 cm³/mol. The van der Waals surface area contributed by atoms with Crippen LogP contribution in [0.3, 0.4) is 0 Å². The summed E-state index contributed by atoms with van der Waals surface area (Å²) in [4.78, 5) is 8.40. The zero-order valence-electron chi connectivity index (χ0n) is 12.0. The van der Waals surface area contributed by atoms with Crippen molar-refractivity contribution >= 4 is 0 Å². The van der Waals surface area contributed by atoms with Crippen LogP contribution in [0.25, 0.3) is 5.82 Å². The second-order valence-corrected chi connectivity index (χ2v) is 4.99. The first-order valence-corrected chi connectivity index (χ1v) is 6.59. The molecule has 1 atom stereocenters. The first-order valence-electron chi connectivity index (χ1n) is 6.59. The van der Waals surface area contributed by atoms with Crippen molar-refractivity contribution in [1.82, 2.24) is 25.1 Å². The van der Waals surface area contributed by atoms with Crippen molar-refractivity contribution in [2.75, 3.05) is 13.6 Å². The van der Waals surface area contributed by atoms with Gasteiger partial charge in [0.1, 0.15) is 0 Å². The average molecular weight is 259 g/mol. The average Bonchev–Trinajstić information content (AvgIpc) is 2.68. The lowest BCUT2D eigenvalue weighted by Gasteiger charge is -2.11. The molecule has 5 heteroatoms. The van der Waals surface area contributed by atoms with Crippen LogP contribution in [0.1, 0.15) is 23.9 Å². The Bertz CT molecular complexity index is 532. The molecule has 0 aliphatic carbocycles. The van der Waals surface area contributed by atoms with Crippen molar-refractivity contribution in [3.05, 3.63) is 35.5 Å². The highest BCUT2D eigenvalue weighted by atomic mass is 15.3. The molecule has 0 amide bonds. The Labute approximate surface area is 114 Å². The van der Waals surface area contributed by atoms with E-state index in [-0.39, 0.29) is 0 Å². The number of aryl methyl sites for hydroxylation is 1. The van der Waals surface area contributed by atoms with Crippen molar-refractivity contribution in [3.8, 4) is 5.82 Å². The largest absolute Gasteiger partial charge is 0.319 e. The molecule has 2 aromatic rings. The van der Waals surface area contributed by atoms with Crippen LogP contribution < -0.4 is 5.32 Å². The van der Waals surface area contributed by atoms with Gasteiger partial charge < -0.3 is 5.32 Å². The van der Waals surface area contributed by atoms with Gasteiger partial charge in [0, 0.05) is 18.1 Å². The number of hydrogen-bond donors (Lipinski definition) is 1. The van der Waals surface area contributed by atoms with Gasteiger partial charge in [0.2, 0.25) is 0 Å². The van der Waals surface area contributed by atoms with E-state index in [4.69, 9.17) is 0 Å². The summed E-state index contributed by atoms with van der Waals surface area (Å²) in [5, 5.41) is 7.80. The molecule has 2 rings (SSSR count). The van der Waals surface area contributed by atoms with Crippen LogP contribution >= 0.6 is 0 Å². The topological polar surface area (TPSA) is 55.6 Å². The summed E-state index contributed by atoms with van der Waals surface area (Å²) in [5.74, 6) is 1.36. The van der Waals surface area contributed by atoms with E-state index in [0.29, 0.717) is 5.92 Å². The molecule has 0 radical (unpaired) electrons. The molecule has 0 saturated carbocycles. The van der Waals surface area contributed by atoms with Crippen molar-refractivity contribution in [2.45, 2.75) is 27.2 Å². The van der Waals surface area contributed by atoms with Gasteiger partial charge in [-0.1, -0.05) is 6.92 Å². The Kier molecular flexibility index (Phi) is 4.27. The van der Waals surface area contributed by atoms with Gasteiger partial charge in [0.25, 0.3) is 0 Å². The molecule has 19 heavy (non-hydrogen) atoms. The molecular weight excluding hydrogens is 238 g/mol. The number of nitrogens with one attached hydrogen (secondary N) is 1. The highest BCUT2D eigenvalue weighted by Gasteiger charge is 2.15. The van der Waals surface area contributed by atoms with Gasteiger partial charge in [-0.25, -0.2) is 9.67 Å². The summed E-state index contributed by atoms with van der Waals surface area (Å²) in [5.41, 5.74) is 3.54. The molecule has 2 aromatic heterocycles. The zero-order valence-corrected chi connectivity index (χ0v) is 12.0. The third-order valence-corrected chi connectivity index (χ3v) is 3.31. The van der Waals surface area contributed by atoms with E-state index in [2.05, 4.69) is 41.2 Å². The number of aromatic nitrogens is 4. The lowest BCUT2D eigenvalue weighted by atomic mass is 10.00. The Morgan fingerprint density at radius 1 is 1.32 bits per heavy atom. The van der Waals surface area contributed by atoms with E-state index in [9.17, 15) is 0 Å². The number of hydrogen-bond acceptors (Lipinski definition) is 4. The molecule has 0 aliphatic heterocycles. The quantitative estimate of drug-likeness (QED) is 0.887. The molecule has 0 saturated heterocycles. The normalized spacial score (nSPS) is 12.6. The van der Waals surface area contributed by atoms with Gasteiger partial charge in [-0.05, 0) is 45.3 Å². The predicted octanol–water partition coefficient (Wildman–Crippen LogP) is 1.68. The molecule has 102 valence electrons. The molecular formula is C14H21N5. The molecule has 0 bridgehead atoms. The maximum atomic E-state index is 4.59. The van der Waals surface area contributed by atoms with E-state index in [1.807, 2.05) is 11.7 Å². The summed E-state index contributed by atoms with van der Waals surface area (Å²) < 4.78 is 1.88. The van der Waals surface area contributed by atoms with Gasteiger partial charge in [-0.3, -0.25) is 4.98 Å². The summed E-state index contributed by atoms with van der Waals surface area (Å²) in [7, 11) is 1.99. The van der Waals surface area contributed by atoms with Crippen LogP contribution in [0, 0.1) is 19.8 Å². The van der Waals surface area contributed by atoms with Crippen LogP contribution in [-0.4, -0.2) is 33.3 Å². The standard InChI is InChI=1S/C14H21N5/c1-10(8-15-4)7-13-11(2)18-19(12(13)3)14-9-16-5-6-17-14/h5-6,9-10,15H,7-8H2,1-4H3. The Hall–Kier alpha value is -1.75. The van der Waals surface area contributed by atoms with Crippen LogP contribution in [0.2, 0.25) is 0 Å². The third kappa shape index (κ3) is 2.98. The minimum absolute atomic E-state index is 0.585. The summed E-state index contributed by atoms with van der Waals surface area (Å²) in [6.07, 6.45) is 6.12. The van der Waals surface area contributed by atoms with Gasteiger partial charge in [0.05, 0.1) is 11.9 Å². The van der Waals surface area contributed by atoms with Crippen LogP contribution in [0.5, 0.6) is 0 Å². The summed E-state index contributed by atoms with van der Waals surface area (Å²) in [6, 6.07) is 0. The lowest BCUT2D eigenvalue weighted by molar-refractivity contribution is 0.539. The Morgan fingerprint density at radius 3 is 2.74 bits per heavy atom. The second-order valence-electron chi connectivity index (χ2n) is 4.99. The van der Waals surface area contributed by atoms with Crippen molar-refractivity contribution in [2.24, 2.45) is 5.92 Å². The SMILES string of the molecule is CNCC(C)Cc1c(C)nn(-c2cnccn2)c1C. The highest BCUT2D eigenvalue weighted by Crippen LogP contribution is 2.19. The van der Waals surface area contributed by atoms with Crippen LogP contribution in [-0.2, 0) is 6.42 Å². The lowest BCUT2D eigenvalue weighted by Crippen LogP contribution is -2.18. The molecule has 1 unspecified atom stereocenters. The first kappa shape index (κ1) is 13.7. The summed E-state index contributed by atoms with van der Waals surface area (Å²) in [6.45, 7) is 7.40. The first-order chi connectivity index (χ1) is 9.13. The highest BCUT2D eigenvalue weighted by molar-refractivity contribution is 5.31. The Balaban J connectivity index is 2.30. The minimum atomic E-state index is 0.585. The molecule has 0 aliphatic rings. The number of rotatable bonds is 5. The minimum Gasteiger partial charge on any atom is -0.319 e.